The van der Waals surface area contributed by atoms with E-state index in [0.29, 0.717) is 34.3 Å². The van der Waals surface area contributed by atoms with Crippen LogP contribution in [0.15, 0.2) is 22.8 Å². The van der Waals surface area contributed by atoms with Crippen molar-refractivity contribution in [2.45, 2.75) is 20.8 Å². The second kappa shape index (κ2) is 6.32. The summed E-state index contributed by atoms with van der Waals surface area (Å²) in [5, 5.41) is 2.80. The van der Waals surface area contributed by atoms with Gasteiger partial charge in [0.25, 0.3) is 5.91 Å². The van der Waals surface area contributed by atoms with Crippen molar-refractivity contribution >= 4 is 17.8 Å². The van der Waals surface area contributed by atoms with E-state index in [9.17, 15) is 4.79 Å². The average molecular weight is 318 g/mol. The van der Waals surface area contributed by atoms with Crippen molar-refractivity contribution in [2.75, 3.05) is 21.3 Å². The SMILES string of the molecule is COc1cc(OC)c(OC)cc1/C=C1/N=C(C(C)(C)C)NC1=O. The van der Waals surface area contributed by atoms with Gasteiger partial charge < -0.3 is 19.5 Å². The summed E-state index contributed by atoms with van der Waals surface area (Å²) in [5.41, 5.74) is 0.794. The fraction of sp³-hybridized carbons (Fsp3) is 0.412. The summed E-state index contributed by atoms with van der Waals surface area (Å²) in [6.45, 7) is 5.98. The van der Waals surface area contributed by atoms with Crippen LogP contribution < -0.4 is 19.5 Å². The molecule has 6 heteroatoms. The molecule has 1 heterocycles. The third kappa shape index (κ3) is 3.47. The standard InChI is InChI=1S/C17H22N2O4/c1-17(2,3)16-18-11(15(20)19-16)7-10-8-13(22-5)14(23-6)9-12(10)21-4/h7-9H,1-6H3,(H,18,19,20)/b11-7+. The van der Waals surface area contributed by atoms with E-state index in [-0.39, 0.29) is 11.3 Å². The minimum Gasteiger partial charge on any atom is -0.496 e. The van der Waals surface area contributed by atoms with Gasteiger partial charge in [-0.15, -0.1) is 0 Å². The molecule has 0 aliphatic carbocycles. The fourth-order valence-electron chi connectivity index (χ4n) is 2.14. The predicted octanol–water partition coefficient (Wildman–Crippen LogP) is 2.63. The van der Waals surface area contributed by atoms with Crippen LogP contribution in [0.1, 0.15) is 26.3 Å². The van der Waals surface area contributed by atoms with E-state index in [0.717, 1.165) is 0 Å². The molecular weight excluding hydrogens is 296 g/mol. The van der Waals surface area contributed by atoms with E-state index in [2.05, 4.69) is 10.3 Å². The summed E-state index contributed by atoms with van der Waals surface area (Å²) in [6, 6.07) is 3.47. The third-order valence-electron chi connectivity index (χ3n) is 3.44. The number of ether oxygens (including phenoxy) is 3. The highest BCUT2D eigenvalue weighted by Gasteiger charge is 2.29. The van der Waals surface area contributed by atoms with Gasteiger partial charge in [0.15, 0.2) is 11.5 Å². The van der Waals surface area contributed by atoms with Gasteiger partial charge in [-0.25, -0.2) is 4.99 Å². The zero-order chi connectivity index (χ0) is 17.2. The second-order valence-electron chi connectivity index (χ2n) is 6.14. The van der Waals surface area contributed by atoms with Crippen molar-refractivity contribution in [3.05, 3.63) is 23.4 Å². The van der Waals surface area contributed by atoms with Crippen LogP contribution >= 0.6 is 0 Å². The number of amides is 1. The maximum Gasteiger partial charge on any atom is 0.275 e. The second-order valence-corrected chi connectivity index (χ2v) is 6.14. The Morgan fingerprint density at radius 2 is 1.57 bits per heavy atom. The Morgan fingerprint density at radius 1 is 1.00 bits per heavy atom. The molecule has 0 fully saturated rings. The van der Waals surface area contributed by atoms with Crippen molar-refractivity contribution in [1.82, 2.24) is 5.32 Å². The van der Waals surface area contributed by atoms with E-state index in [1.807, 2.05) is 20.8 Å². The van der Waals surface area contributed by atoms with Crippen LogP contribution in [0.2, 0.25) is 0 Å². The molecule has 1 aliphatic heterocycles. The number of nitrogens with zero attached hydrogens (tertiary/aromatic N) is 1. The molecule has 6 nitrogen and oxygen atoms in total. The molecular formula is C17H22N2O4. The molecule has 0 radical (unpaired) electrons. The Bertz CT molecular complexity index is 685. The lowest BCUT2D eigenvalue weighted by Crippen LogP contribution is -2.34. The van der Waals surface area contributed by atoms with Gasteiger partial charge in [0, 0.05) is 17.0 Å². The molecule has 2 rings (SSSR count). The molecule has 0 bridgehead atoms. The molecule has 23 heavy (non-hydrogen) atoms. The number of methoxy groups -OCH3 is 3. The number of hydrogen-bond donors (Lipinski definition) is 1. The van der Waals surface area contributed by atoms with E-state index in [1.165, 1.54) is 0 Å². The zero-order valence-electron chi connectivity index (χ0n) is 14.3. The first-order chi connectivity index (χ1) is 10.8. The molecule has 0 saturated heterocycles. The van der Waals surface area contributed by atoms with Crippen LogP contribution in [-0.4, -0.2) is 33.1 Å². The number of amidine groups is 1. The van der Waals surface area contributed by atoms with Gasteiger partial charge in [-0.2, -0.15) is 0 Å². The van der Waals surface area contributed by atoms with Gasteiger partial charge in [-0.3, -0.25) is 4.79 Å². The first-order valence-corrected chi connectivity index (χ1v) is 7.22. The number of nitrogens with one attached hydrogen (secondary N) is 1. The van der Waals surface area contributed by atoms with Gasteiger partial charge in [-0.1, -0.05) is 20.8 Å². The Balaban J connectivity index is 2.50. The van der Waals surface area contributed by atoms with Crippen LogP contribution in [-0.2, 0) is 4.79 Å². The minimum atomic E-state index is -0.230. The van der Waals surface area contributed by atoms with Gasteiger partial charge in [0.05, 0.1) is 21.3 Å². The van der Waals surface area contributed by atoms with E-state index < -0.39 is 0 Å². The number of hydrogen-bond acceptors (Lipinski definition) is 5. The summed E-state index contributed by atoms with van der Waals surface area (Å²) in [7, 11) is 4.67. The van der Waals surface area contributed by atoms with Gasteiger partial charge in [0.2, 0.25) is 0 Å². The fourth-order valence-corrected chi connectivity index (χ4v) is 2.14. The number of aliphatic imine (C=N–C) groups is 1. The molecule has 124 valence electrons. The summed E-state index contributed by atoms with van der Waals surface area (Å²) in [5.74, 6) is 2.10. The molecule has 1 aliphatic rings. The summed E-state index contributed by atoms with van der Waals surface area (Å²) in [6.07, 6.45) is 1.68. The number of rotatable bonds is 4. The number of benzene rings is 1. The van der Waals surface area contributed by atoms with E-state index in [1.54, 1.807) is 39.5 Å². The van der Waals surface area contributed by atoms with Crippen LogP contribution in [0.5, 0.6) is 17.2 Å². The Labute approximate surface area is 136 Å². The van der Waals surface area contributed by atoms with E-state index in [4.69, 9.17) is 14.2 Å². The molecule has 0 atom stereocenters. The highest BCUT2D eigenvalue weighted by molar-refractivity contribution is 6.15. The largest absolute Gasteiger partial charge is 0.496 e. The quantitative estimate of drug-likeness (QED) is 0.867. The summed E-state index contributed by atoms with van der Waals surface area (Å²) >= 11 is 0. The molecule has 1 aromatic rings. The molecule has 0 unspecified atom stereocenters. The highest BCUT2D eigenvalue weighted by Crippen LogP contribution is 2.36. The summed E-state index contributed by atoms with van der Waals surface area (Å²) in [4.78, 5) is 16.5. The van der Waals surface area contributed by atoms with Crippen LogP contribution in [0, 0.1) is 5.41 Å². The zero-order valence-corrected chi connectivity index (χ0v) is 14.3. The molecule has 1 amide bonds. The number of carbonyl (C=O) groups is 1. The van der Waals surface area contributed by atoms with Crippen molar-refractivity contribution in [3.8, 4) is 17.2 Å². The van der Waals surface area contributed by atoms with Crippen LogP contribution in [0.25, 0.3) is 6.08 Å². The normalized spacial score (nSPS) is 16.2. The van der Waals surface area contributed by atoms with Crippen molar-refractivity contribution in [3.63, 3.8) is 0 Å². The Hall–Kier alpha value is -2.50. The average Bonchev–Trinajstić information content (AvgIpc) is 2.88. The van der Waals surface area contributed by atoms with Gasteiger partial charge in [-0.05, 0) is 12.1 Å². The Morgan fingerprint density at radius 3 is 2.04 bits per heavy atom. The monoisotopic (exact) mass is 318 g/mol. The first-order valence-electron chi connectivity index (χ1n) is 7.22. The lowest BCUT2D eigenvalue weighted by atomic mass is 9.95. The maximum absolute atomic E-state index is 12.1. The Kier molecular flexibility index (Phi) is 4.63. The number of carbonyl (C=O) groups excluding carboxylic acids is 1. The van der Waals surface area contributed by atoms with Crippen molar-refractivity contribution in [2.24, 2.45) is 10.4 Å². The predicted molar refractivity (Wildman–Crippen MR) is 89.1 cm³/mol. The van der Waals surface area contributed by atoms with Crippen molar-refractivity contribution in [1.29, 1.82) is 0 Å². The maximum atomic E-state index is 12.1. The first kappa shape index (κ1) is 16.9. The van der Waals surface area contributed by atoms with Crippen LogP contribution in [0.4, 0.5) is 0 Å². The molecule has 1 N–H and O–H groups in total. The minimum absolute atomic E-state index is 0.229. The lowest BCUT2D eigenvalue weighted by molar-refractivity contribution is -0.115. The molecule has 0 spiro atoms. The molecule has 1 aromatic carbocycles. The smallest absolute Gasteiger partial charge is 0.275 e. The lowest BCUT2D eigenvalue weighted by Gasteiger charge is -2.16. The molecule has 0 saturated carbocycles. The van der Waals surface area contributed by atoms with Crippen molar-refractivity contribution < 1.29 is 19.0 Å². The van der Waals surface area contributed by atoms with E-state index >= 15 is 0 Å². The third-order valence-corrected chi connectivity index (χ3v) is 3.44. The van der Waals surface area contributed by atoms with Gasteiger partial charge in [0.1, 0.15) is 17.3 Å². The summed E-state index contributed by atoms with van der Waals surface area (Å²) < 4.78 is 15.9. The molecule has 0 aromatic heterocycles. The van der Waals surface area contributed by atoms with Gasteiger partial charge >= 0.3 is 0 Å². The van der Waals surface area contributed by atoms with Crippen LogP contribution in [0.3, 0.4) is 0 Å². The topological polar surface area (TPSA) is 69.2 Å². The highest BCUT2D eigenvalue weighted by atomic mass is 16.5.